The number of anilines is 1. The number of amides is 1. The number of benzene rings is 3. The number of nitrogens with zero attached hydrogens (tertiary/aromatic N) is 1. The molecule has 162 valence electrons. The van der Waals surface area contributed by atoms with Crippen LogP contribution in [0.5, 0.6) is 5.75 Å². The molecular formula is C24H26N2O4S. The molecule has 0 spiro atoms. The Bertz CT molecular complexity index is 1130. The van der Waals surface area contributed by atoms with Gasteiger partial charge < -0.3 is 10.1 Å². The van der Waals surface area contributed by atoms with Crippen LogP contribution >= 0.6 is 0 Å². The highest BCUT2D eigenvalue weighted by Gasteiger charge is 2.29. The Morgan fingerprint density at radius 2 is 1.61 bits per heavy atom. The van der Waals surface area contributed by atoms with Gasteiger partial charge in [0.25, 0.3) is 10.0 Å². The predicted octanol–water partition coefficient (Wildman–Crippen LogP) is 4.08. The van der Waals surface area contributed by atoms with E-state index in [0.29, 0.717) is 11.4 Å². The molecule has 0 aromatic heterocycles. The van der Waals surface area contributed by atoms with Crippen molar-refractivity contribution in [2.45, 2.75) is 24.8 Å². The lowest BCUT2D eigenvalue weighted by Gasteiger charge is -2.26. The maximum Gasteiger partial charge on any atom is 0.264 e. The molecule has 0 heterocycles. The van der Waals surface area contributed by atoms with Crippen LogP contribution in [0.25, 0.3) is 0 Å². The quantitative estimate of drug-likeness (QED) is 0.575. The van der Waals surface area contributed by atoms with Crippen molar-refractivity contribution in [1.82, 2.24) is 5.32 Å². The molecule has 3 aromatic rings. The van der Waals surface area contributed by atoms with E-state index in [1.807, 2.05) is 50.2 Å². The molecule has 0 aliphatic heterocycles. The first-order valence-electron chi connectivity index (χ1n) is 9.89. The van der Waals surface area contributed by atoms with Gasteiger partial charge in [-0.05, 0) is 49.2 Å². The summed E-state index contributed by atoms with van der Waals surface area (Å²) in [7, 11) is -2.54. The Kier molecular flexibility index (Phi) is 6.97. The zero-order chi connectivity index (χ0) is 22.4. The SMILES string of the molecule is COc1ccc(C)cc1N(CC(=O)N[C@H](C)c1ccccc1)S(=O)(=O)c1ccccc1. The molecule has 0 aliphatic carbocycles. The Labute approximate surface area is 183 Å². The average Bonchev–Trinajstić information content (AvgIpc) is 2.78. The van der Waals surface area contributed by atoms with Gasteiger partial charge in [0.1, 0.15) is 12.3 Å². The fraction of sp³-hybridized carbons (Fsp3) is 0.208. The van der Waals surface area contributed by atoms with Crippen molar-refractivity contribution >= 4 is 21.6 Å². The fourth-order valence-electron chi connectivity index (χ4n) is 3.26. The van der Waals surface area contributed by atoms with Crippen LogP contribution in [0.1, 0.15) is 24.1 Å². The normalized spacial score (nSPS) is 12.1. The molecule has 1 amide bonds. The van der Waals surface area contributed by atoms with Crippen LogP contribution in [0.2, 0.25) is 0 Å². The van der Waals surface area contributed by atoms with Crippen molar-refractivity contribution in [1.29, 1.82) is 0 Å². The molecule has 31 heavy (non-hydrogen) atoms. The van der Waals surface area contributed by atoms with Crippen LogP contribution in [0.4, 0.5) is 5.69 Å². The highest BCUT2D eigenvalue weighted by molar-refractivity contribution is 7.92. The first-order valence-corrected chi connectivity index (χ1v) is 11.3. The smallest absolute Gasteiger partial charge is 0.264 e. The zero-order valence-electron chi connectivity index (χ0n) is 17.8. The molecule has 1 N–H and O–H groups in total. The van der Waals surface area contributed by atoms with E-state index in [0.717, 1.165) is 15.4 Å². The van der Waals surface area contributed by atoms with Crippen LogP contribution in [-0.2, 0) is 14.8 Å². The van der Waals surface area contributed by atoms with E-state index >= 15 is 0 Å². The van der Waals surface area contributed by atoms with Gasteiger partial charge in [-0.1, -0.05) is 54.6 Å². The maximum atomic E-state index is 13.5. The second-order valence-corrected chi connectivity index (χ2v) is 9.06. The van der Waals surface area contributed by atoms with Gasteiger partial charge in [0.15, 0.2) is 0 Å². The van der Waals surface area contributed by atoms with Crippen molar-refractivity contribution in [3.63, 3.8) is 0 Å². The fourth-order valence-corrected chi connectivity index (χ4v) is 4.70. The number of ether oxygens (including phenoxy) is 1. The number of carbonyl (C=O) groups is 1. The first kappa shape index (κ1) is 22.4. The molecule has 0 bridgehead atoms. The van der Waals surface area contributed by atoms with Gasteiger partial charge in [0, 0.05) is 0 Å². The number of carbonyl (C=O) groups excluding carboxylic acids is 1. The third kappa shape index (κ3) is 5.24. The molecule has 0 fully saturated rings. The molecule has 1 atom stereocenters. The topological polar surface area (TPSA) is 75.7 Å². The van der Waals surface area contributed by atoms with E-state index in [-0.39, 0.29) is 17.5 Å². The Hall–Kier alpha value is -3.32. The van der Waals surface area contributed by atoms with Crippen molar-refractivity contribution in [3.05, 3.63) is 90.0 Å². The minimum Gasteiger partial charge on any atom is -0.495 e. The Balaban J connectivity index is 1.97. The van der Waals surface area contributed by atoms with Crippen LogP contribution in [-0.4, -0.2) is 28.0 Å². The van der Waals surface area contributed by atoms with Gasteiger partial charge in [0.2, 0.25) is 5.91 Å². The van der Waals surface area contributed by atoms with E-state index in [1.54, 1.807) is 30.3 Å². The average molecular weight is 439 g/mol. The summed E-state index contributed by atoms with van der Waals surface area (Å²) in [6.45, 7) is 3.33. The Morgan fingerprint density at radius 1 is 1.00 bits per heavy atom. The van der Waals surface area contributed by atoms with E-state index in [2.05, 4.69) is 5.32 Å². The highest BCUT2D eigenvalue weighted by atomic mass is 32.2. The highest BCUT2D eigenvalue weighted by Crippen LogP contribution is 2.33. The summed E-state index contributed by atoms with van der Waals surface area (Å²) in [5, 5.41) is 2.89. The summed E-state index contributed by atoms with van der Waals surface area (Å²) in [6, 6.07) is 22.5. The molecule has 6 nitrogen and oxygen atoms in total. The van der Waals surface area contributed by atoms with Gasteiger partial charge in [-0.2, -0.15) is 0 Å². The molecule has 0 aliphatic rings. The number of rotatable bonds is 8. The maximum absolute atomic E-state index is 13.5. The zero-order valence-corrected chi connectivity index (χ0v) is 18.6. The summed E-state index contributed by atoms with van der Waals surface area (Å²) in [4.78, 5) is 13.0. The van der Waals surface area contributed by atoms with Crippen molar-refractivity contribution in [3.8, 4) is 5.75 Å². The van der Waals surface area contributed by atoms with Crippen LogP contribution < -0.4 is 14.4 Å². The summed E-state index contributed by atoms with van der Waals surface area (Å²) in [5.74, 6) is -0.0477. The van der Waals surface area contributed by atoms with Gasteiger partial charge in [-0.15, -0.1) is 0 Å². The molecule has 0 saturated carbocycles. The molecule has 7 heteroatoms. The van der Waals surface area contributed by atoms with Gasteiger partial charge in [0.05, 0.1) is 23.7 Å². The molecule has 3 aromatic carbocycles. The number of methoxy groups -OCH3 is 1. The summed E-state index contributed by atoms with van der Waals surface area (Å²) in [6.07, 6.45) is 0. The van der Waals surface area contributed by atoms with Gasteiger partial charge >= 0.3 is 0 Å². The molecule has 3 rings (SSSR count). The number of sulfonamides is 1. The summed E-state index contributed by atoms with van der Waals surface area (Å²) < 4.78 is 33.5. The third-order valence-electron chi connectivity index (χ3n) is 4.90. The largest absolute Gasteiger partial charge is 0.495 e. The van der Waals surface area contributed by atoms with E-state index < -0.39 is 15.9 Å². The van der Waals surface area contributed by atoms with Crippen molar-refractivity contribution in [2.24, 2.45) is 0 Å². The lowest BCUT2D eigenvalue weighted by Crippen LogP contribution is -2.41. The van der Waals surface area contributed by atoms with E-state index in [4.69, 9.17) is 4.74 Å². The summed E-state index contributed by atoms with van der Waals surface area (Å²) in [5.41, 5.74) is 2.09. The number of nitrogens with one attached hydrogen (secondary N) is 1. The molecular weight excluding hydrogens is 412 g/mol. The summed E-state index contributed by atoms with van der Waals surface area (Å²) >= 11 is 0. The molecule has 0 saturated heterocycles. The minimum absolute atomic E-state index is 0.0995. The van der Waals surface area contributed by atoms with Crippen LogP contribution in [0, 0.1) is 6.92 Å². The lowest BCUT2D eigenvalue weighted by molar-refractivity contribution is -0.120. The Morgan fingerprint density at radius 3 is 2.23 bits per heavy atom. The van der Waals surface area contributed by atoms with Crippen LogP contribution in [0.15, 0.2) is 83.8 Å². The molecule has 0 radical (unpaired) electrons. The van der Waals surface area contributed by atoms with Gasteiger partial charge in [-0.25, -0.2) is 8.42 Å². The van der Waals surface area contributed by atoms with Crippen molar-refractivity contribution < 1.29 is 17.9 Å². The minimum atomic E-state index is -4.01. The van der Waals surface area contributed by atoms with Crippen molar-refractivity contribution in [2.75, 3.05) is 18.0 Å². The van der Waals surface area contributed by atoms with Gasteiger partial charge in [-0.3, -0.25) is 9.10 Å². The number of aryl methyl sites for hydroxylation is 1. The standard InChI is InChI=1S/C24H26N2O4S/c1-18-14-15-23(30-3)22(16-18)26(31(28,29)21-12-8-5-9-13-21)17-24(27)25-19(2)20-10-6-4-7-11-20/h4-16,19H,17H2,1-3H3,(H,25,27)/t19-/m1/s1. The van der Waals surface area contributed by atoms with E-state index in [1.165, 1.54) is 19.2 Å². The number of hydrogen-bond acceptors (Lipinski definition) is 4. The monoisotopic (exact) mass is 438 g/mol. The third-order valence-corrected chi connectivity index (χ3v) is 6.67. The predicted molar refractivity (Wildman–Crippen MR) is 122 cm³/mol. The first-order chi connectivity index (χ1) is 14.8. The molecule has 0 unspecified atom stereocenters. The van der Waals surface area contributed by atoms with Crippen LogP contribution in [0.3, 0.4) is 0 Å². The second-order valence-electron chi connectivity index (χ2n) is 7.20. The second kappa shape index (κ2) is 9.66. The number of hydrogen-bond donors (Lipinski definition) is 1. The lowest BCUT2D eigenvalue weighted by atomic mass is 10.1. The van der Waals surface area contributed by atoms with E-state index in [9.17, 15) is 13.2 Å².